The van der Waals surface area contributed by atoms with Crippen LogP contribution < -0.4 is 19.1 Å². The molecule has 0 saturated carbocycles. The number of nitrogens with one attached hydrogen (secondary N) is 1. The van der Waals surface area contributed by atoms with Crippen LogP contribution in [0.25, 0.3) is 0 Å². The van der Waals surface area contributed by atoms with E-state index in [0.29, 0.717) is 24.5 Å². The Labute approximate surface area is 224 Å². The molecule has 0 aliphatic heterocycles. The van der Waals surface area contributed by atoms with E-state index >= 15 is 0 Å². The molecular formula is C28H34N2O5S2. The molecule has 1 amide bonds. The molecule has 9 heteroatoms. The molecule has 0 fully saturated rings. The Balaban J connectivity index is 1.96. The monoisotopic (exact) mass is 542 g/mol. The summed E-state index contributed by atoms with van der Waals surface area (Å²) in [6, 6.07) is 18.9. The van der Waals surface area contributed by atoms with Crippen molar-refractivity contribution in [1.29, 1.82) is 0 Å². The zero-order chi connectivity index (χ0) is 27.0. The molecule has 1 N–H and O–H groups in total. The lowest BCUT2D eigenvalue weighted by Gasteiger charge is -2.27. The van der Waals surface area contributed by atoms with Gasteiger partial charge in [0.15, 0.2) is 0 Å². The molecule has 3 rings (SSSR count). The number of nitrogens with zero attached hydrogens (tertiary/aromatic N) is 1. The minimum absolute atomic E-state index is 0.0993. The van der Waals surface area contributed by atoms with E-state index in [0.717, 1.165) is 26.1 Å². The van der Waals surface area contributed by atoms with Crippen molar-refractivity contribution in [1.82, 2.24) is 5.32 Å². The lowest BCUT2D eigenvalue weighted by atomic mass is 10.0. The fourth-order valence-corrected chi connectivity index (χ4v) is 5.86. The second-order valence-electron chi connectivity index (χ2n) is 8.35. The average molecular weight is 543 g/mol. The Morgan fingerprint density at radius 3 is 2.32 bits per heavy atom. The number of carbonyl (C=O) groups excluding carboxylic acids is 1. The molecule has 7 nitrogen and oxygen atoms in total. The van der Waals surface area contributed by atoms with E-state index in [2.05, 4.69) is 5.32 Å². The van der Waals surface area contributed by atoms with Gasteiger partial charge in [-0.15, -0.1) is 11.8 Å². The third-order valence-electron chi connectivity index (χ3n) is 5.93. The maximum Gasteiger partial charge on any atom is 0.264 e. The van der Waals surface area contributed by atoms with E-state index in [1.54, 1.807) is 55.6 Å². The Bertz CT molecular complexity index is 1310. The zero-order valence-corrected chi connectivity index (χ0v) is 23.5. The molecule has 3 aromatic carbocycles. The number of methoxy groups -OCH3 is 1. The Kier molecular flexibility index (Phi) is 9.88. The Hall–Kier alpha value is -3.17. The van der Waals surface area contributed by atoms with Crippen LogP contribution in [0.15, 0.2) is 76.5 Å². The molecular weight excluding hydrogens is 508 g/mol. The summed E-state index contributed by atoms with van der Waals surface area (Å²) in [5.41, 5.74) is 2.18. The minimum Gasteiger partial charge on any atom is -0.496 e. The summed E-state index contributed by atoms with van der Waals surface area (Å²) in [7, 11) is -2.46. The van der Waals surface area contributed by atoms with Crippen LogP contribution in [0.5, 0.6) is 11.5 Å². The van der Waals surface area contributed by atoms with E-state index in [4.69, 9.17) is 9.47 Å². The van der Waals surface area contributed by atoms with Gasteiger partial charge in [0.25, 0.3) is 10.0 Å². The topological polar surface area (TPSA) is 84.9 Å². The largest absolute Gasteiger partial charge is 0.496 e. The van der Waals surface area contributed by atoms with Crippen LogP contribution in [0.1, 0.15) is 37.4 Å². The molecule has 0 aromatic heterocycles. The van der Waals surface area contributed by atoms with Gasteiger partial charge in [0.1, 0.15) is 18.0 Å². The van der Waals surface area contributed by atoms with E-state index in [-0.39, 0.29) is 10.9 Å². The average Bonchev–Trinajstić information content (AvgIpc) is 2.91. The summed E-state index contributed by atoms with van der Waals surface area (Å²) >= 11 is 1.52. The third-order valence-corrected chi connectivity index (χ3v) is 8.45. The van der Waals surface area contributed by atoms with Crippen LogP contribution in [-0.4, -0.2) is 40.8 Å². The van der Waals surface area contributed by atoms with Crippen molar-refractivity contribution in [2.45, 2.75) is 43.0 Å². The van der Waals surface area contributed by atoms with Crippen molar-refractivity contribution in [3.8, 4) is 11.5 Å². The fourth-order valence-electron chi connectivity index (χ4n) is 4.03. The number of hydrogen-bond acceptors (Lipinski definition) is 6. The van der Waals surface area contributed by atoms with Crippen LogP contribution in [0.3, 0.4) is 0 Å². The van der Waals surface area contributed by atoms with Crippen molar-refractivity contribution < 1.29 is 22.7 Å². The molecule has 1 atom stereocenters. The first-order chi connectivity index (χ1) is 17.7. The van der Waals surface area contributed by atoms with Gasteiger partial charge >= 0.3 is 0 Å². The lowest BCUT2D eigenvalue weighted by molar-refractivity contribution is -0.120. The Morgan fingerprint density at radius 2 is 1.73 bits per heavy atom. The SMILES string of the molecule is CCOc1ccccc1N(CC(=O)N[C@@H](CC)c1ccc(OC)c(C)c1)S(=O)(=O)c1ccc(SC)cc1. The molecule has 0 bridgehead atoms. The van der Waals surface area contributed by atoms with Crippen molar-refractivity contribution in [2.75, 3.05) is 30.8 Å². The van der Waals surface area contributed by atoms with Crippen LogP contribution in [0.2, 0.25) is 0 Å². The number of aryl methyl sites for hydroxylation is 1. The molecule has 0 unspecified atom stereocenters. The van der Waals surface area contributed by atoms with Gasteiger partial charge in [-0.25, -0.2) is 8.42 Å². The molecule has 0 heterocycles. The highest BCUT2D eigenvalue weighted by molar-refractivity contribution is 7.98. The molecule has 0 radical (unpaired) electrons. The highest BCUT2D eigenvalue weighted by Crippen LogP contribution is 2.33. The molecule has 0 aliphatic rings. The maximum atomic E-state index is 13.8. The number of sulfonamides is 1. The van der Waals surface area contributed by atoms with Crippen LogP contribution in [-0.2, 0) is 14.8 Å². The van der Waals surface area contributed by atoms with Gasteiger partial charge in [-0.05, 0) is 80.1 Å². The highest BCUT2D eigenvalue weighted by Gasteiger charge is 2.30. The summed E-state index contributed by atoms with van der Waals surface area (Å²) in [5.74, 6) is 0.734. The van der Waals surface area contributed by atoms with E-state index in [1.165, 1.54) is 11.8 Å². The van der Waals surface area contributed by atoms with E-state index in [1.807, 2.05) is 45.2 Å². The third kappa shape index (κ3) is 6.78. The van der Waals surface area contributed by atoms with Gasteiger partial charge < -0.3 is 14.8 Å². The number of carbonyl (C=O) groups is 1. The van der Waals surface area contributed by atoms with Crippen LogP contribution >= 0.6 is 11.8 Å². The van der Waals surface area contributed by atoms with Crippen LogP contribution in [0.4, 0.5) is 5.69 Å². The summed E-state index contributed by atoms with van der Waals surface area (Å²) in [6.45, 7) is 5.69. The molecule has 0 spiro atoms. The fraction of sp³-hybridized carbons (Fsp3) is 0.321. The van der Waals surface area contributed by atoms with Crippen molar-refractivity contribution in [3.05, 3.63) is 77.9 Å². The van der Waals surface area contributed by atoms with Gasteiger partial charge in [-0.2, -0.15) is 0 Å². The molecule has 198 valence electrons. The normalized spacial score (nSPS) is 12.0. The standard InChI is InChI=1S/C28H34N2O5S2/c1-6-24(21-12-17-26(34-4)20(3)18-21)29-28(31)19-30(25-10-8-9-11-27(25)35-7-2)37(32,33)23-15-13-22(36-5)14-16-23/h8-18,24H,6-7,19H2,1-5H3,(H,29,31)/t24-/m0/s1. The number of rotatable bonds is 12. The summed E-state index contributed by atoms with van der Waals surface area (Å²) in [6.07, 6.45) is 2.56. The quantitative estimate of drug-likeness (QED) is 0.301. The number of benzene rings is 3. The van der Waals surface area contributed by atoms with Gasteiger partial charge in [0.2, 0.25) is 5.91 Å². The Morgan fingerprint density at radius 1 is 1.03 bits per heavy atom. The molecule has 37 heavy (non-hydrogen) atoms. The number of amides is 1. The number of anilines is 1. The smallest absolute Gasteiger partial charge is 0.264 e. The lowest BCUT2D eigenvalue weighted by Crippen LogP contribution is -2.42. The van der Waals surface area contributed by atoms with E-state index in [9.17, 15) is 13.2 Å². The first kappa shape index (κ1) is 28.4. The van der Waals surface area contributed by atoms with Gasteiger partial charge in [0.05, 0.1) is 30.3 Å². The number of thioether (sulfide) groups is 1. The van der Waals surface area contributed by atoms with Gasteiger partial charge in [0, 0.05) is 4.90 Å². The zero-order valence-electron chi connectivity index (χ0n) is 21.9. The first-order valence-corrected chi connectivity index (χ1v) is 14.7. The minimum atomic E-state index is -4.07. The predicted octanol–water partition coefficient (Wildman–Crippen LogP) is 5.59. The molecule has 0 saturated heterocycles. The van der Waals surface area contributed by atoms with E-state index < -0.39 is 22.5 Å². The van der Waals surface area contributed by atoms with Crippen molar-refractivity contribution in [2.24, 2.45) is 0 Å². The second-order valence-corrected chi connectivity index (χ2v) is 11.1. The van der Waals surface area contributed by atoms with Crippen molar-refractivity contribution in [3.63, 3.8) is 0 Å². The van der Waals surface area contributed by atoms with Gasteiger partial charge in [-0.3, -0.25) is 9.10 Å². The second kappa shape index (κ2) is 12.9. The summed E-state index contributed by atoms with van der Waals surface area (Å²) in [4.78, 5) is 14.4. The summed E-state index contributed by atoms with van der Waals surface area (Å²) < 4.78 is 39.9. The highest BCUT2D eigenvalue weighted by atomic mass is 32.2. The first-order valence-electron chi connectivity index (χ1n) is 12.1. The van der Waals surface area contributed by atoms with Gasteiger partial charge in [-0.1, -0.05) is 31.2 Å². The predicted molar refractivity (Wildman–Crippen MR) is 149 cm³/mol. The molecule has 0 aliphatic carbocycles. The summed E-state index contributed by atoms with van der Waals surface area (Å²) in [5, 5.41) is 3.01. The number of hydrogen-bond donors (Lipinski definition) is 1. The molecule has 3 aromatic rings. The number of para-hydroxylation sites is 2. The van der Waals surface area contributed by atoms with Crippen molar-refractivity contribution >= 4 is 33.4 Å². The van der Waals surface area contributed by atoms with Crippen LogP contribution in [0, 0.1) is 6.92 Å². The number of ether oxygens (including phenoxy) is 2. The maximum absolute atomic E-state index is 13.8.